The van der Waals surface area contributed by atoms with Crippen molar-refractivity contribution in [2.75, 3.05) is 25.0 Å². The lowest BCUT2D eigenvalue weighted by molar-refractivity contribution is -0.135. The third-order valence-corrected chi connectivity index (χ3v) is 8.84. The van der Waals surface area contributed by atoms with Gasteiger partial charge in [-0.05, 0) is 71.5 Å². The van der Waals surface area contributed by atoms with Crippen molar-refractivity contribution < 1.29 is 9.53 Å². The number of anilines is 1. The van der Waals surface area contributed by atoms with Crippen LogP contribution < -0.4 is 5.32 Å². The summed E-state index contributed by atoms with van der Waals surface area (Å²) in [5, 5.41) is 14.4. The Balaban J connectivity index is 1.21. The molecule has 44 heavy (non-hydrogen) atoms. The molecule has 0 atom stereocenters. The highest BCUT2D eigenvalue weighted by atomic mass is 35.5. The van der Waals surface area contributed by atoms with E-state index in [9.17, 15) is 10.1 Å². The maximum atomic E-state index is 13.0. The first-order valence-corrected chi connectivity index (χ1v) is 15.3. The number of nitrogens with zero attached hydrogens (tertiary/aromatic N) is 3. The van der Waals surface area contributed by atoms with Gasteiger partial charge in [0.1, 0.15) is 6.61 Å². The van der Waals surface area contributed by atoms with Gasteiger partial charge in [-0.1, -0.05) is 77.8 Å². The van der Waals surface area contributed by atoms with E-state index in [4.69, 9.17) is 27.9 Å². The molecule has 1 fully saturated rings. The second-order valence-corrected chi connectivity index (χ2v) is 12.2. The fourth-order valence-corrected chi connectivity index (χ4v) is 6.67. The highest BCUT2D eigenvalue weighted by Gasteiger charge is 2.38. The Morgan fingerprint density at radius 1 is 0.932 bits per heavy atom. The van der Waals surface area contributed by atoms with Crippen molar-refractivity contribution in [3.8, 4) is 17.2 Å². The third-order valence-electron chi connectivity index (χ3n) is 8.40. The second kappa shape index (κ2) is 12.9. The van der Waals surface area contributed by atoms with Crippen LogP contribution in [0.2, 0.25) is 10.0 Å². The number of rotatable bonds is 8. The summed E-state index contributed by atoms with van der Waals surface area (Å²) in [6, 6.07) is 31.5. The monoisotopic (exact) mass is 622 g/mol. The Morgan fingerprint density at radius 3 is 2.39 bits per heavy atom. The van der Waals surface area contributed by atoms with Crippen LogP contribution in [0.5, 0.6) is 0 Å². The van der Waals surface area contributed by atoms with Crippen LogP contribution >= 0.6 is 23.2 Å². The molecule has 1 amide bonds. The predicted molar refractivity (Wildman–Crippen MR) is 177 cm³/mol. The summed E-state index contributed by atoms with van der Waals surface area (Å²) < 4.78 is 8.74. The largest absolute Gasteiger partial charge is 0.360 e. The maximum Gasteiger partial charge on any atom is 0.250 e. The minimum atomic E-state index is -0.633. The van der Waals surface area contributed by atoms with Crippen molar-refractivity contribution in [1.29, 1.82) is 5.26 Å². The van der Waals surface area contributed by atoms with E-state index in [2.05, 4.69) is 82.6 Å². The molecule has 1 aromatic heterocycles. The number of halogens is 2. The molecule has 222 valence electrons. The van der Waals surface area contributed by atoms with E-state index < -0.39 is 5.60 Å². The summed E-state index contributed by atoms with van der Waals surface area (Å²) in [6.07, 6.45) is 3.68. The fraction of sp³-hybridized carbons (Fsp3) is 0.222. The van der Waals surface area contributed by atoms with Crippen LogP contribution in [0.15, 0.2) is 97.2 Å². The van der Waals surface area contributed by atoms with Crippen LogP contribution in [0.4, 0.5) is 5.69 Å². The van der Waals surface area contributed by atoms with Gasteiger partial charge in [-0.2, -0.15) is 5.26 Å². The number of nitriles is 1. The van der Waals surface area contributed by atoms with Crippen LogP contribution in [-0.4, -0.2) is 35.1 Å². The van der Waals surface area contributed by atoms with Gasteiger partial charge in [0.15, 0.2) is 0 Å². The zero-order chi connectivity index (χ0) is 30.7. The van der Waals surface area contributed by atoms with Gasteiger partial charge < -0.3 is 14.6 Å². The van der Waals surface area contributed by atoms with Gasteiger partial charge in [-0.25, -0.2) is 0 Å². The normalized spacial score (nSPS) is 14.8. The van der Waals surface area contributed by atoms with Crippen molar-refractivity contribution in [2.45, 2.75) is 25.0 Å². The number of fused-ring (bicyclic) bond motifs is 1. The Bertz CT molecular complexity index is 1830. The van der Waals surface area contributed by atoms with E-state index in [0.29, 0.717) is 21.3 Å². The molecule has 0 spiro atoms. The summed E-state index contributed by atoms with van der Waals surface area (Å²) in [7, 11) is 2.09. The van der Waals surface area contributed by atoms with Gasteiger partial charge in [0.05, 0.1) is 17.2 Å². The molecular weight excluding hydrogens is 591 g/mol. The molecule has 6 nitrogen and oxygen atoms in total. The number of hydrogen-bond donors (Lipinski definition) is 1. The van der Waals surface area contributed by atoms with E-state index in [0.717, 1.165) is 49.2 Å². The standard InChI is InChI=1S/C36H32Cl2N4O2/c1-41-22-28(33-7-2-3-8-34(33)41)23-42-15-13-36(14-16-42,44-24-35(43)40-32-19-30(37)18-31(38)20-32)29-11-9-26(10-12-29)27-6-4-5-25(17-27)21-39/h2-12,17-20,22H,13-16,23-24H2,1H3,(H,40,43). The smallest absolute Gasteiger partial charge is 0.250 e. The van der Waals surface area contributed by atoms with Crippen molar-refractivity contribution >= 4 is 45.7 Å². The Kier molecular flexibility index (Phi) is 8.74. The first-order chi connectivity index (χ1) is 21.3. The second-order valence-electron chi connectivity index (χ2n) is 11.3. The van der Waals surface area contributed by atoms with Crippen molar-refractivity contribution in [2.24, 2.45) is 7.05 Å². The van der Waals surface area contributed by atoms with Crippen molar-refractivity contribution in [1.82, 2.24) is 9.47 Å². The average Bonchev–Trinajstić information content (AvgIpc) is 3.35. The summed E-state index contributed by atoms with van der Waals surface area (Å²) in [5.74, 6) is -0.272. The molecule has 2 heterocycles. The Morgan fingerprint density at radius 2 is 1.66 bits per heavy atom. The zero-order valence-corrected chi connectivity index (χ0v) is 25.9. The number of benzene rings is 4. The Hall–Kier alpha value is -4.12. The molecule has 1 saturated heterocycles. The number of amides is 1. The third kappa shape index (κ3) is 6.52. The molecule has 8 heteroatoms. The van der Waals surface area contributed by atoms with Crippen LogP contribution in [0.25, 0.3) is 22.0 Å². The minimum absolute atomic E-state index is 0.112. The van der Waals surface area contributed by atoms with Gasteiger partial charge in [-0.15, -0.1) is 0 Å². The lowest BCUT2D eigenvalue weighted by Crippen LogP contribution is -2.45. The van der Waals surface area contributed by atoms with Gasteiger partial charge in [0, 0.05) is 59.5 Å². The first kappa shape index (κ1) is 29.9. The summed E-state index contributed by atoms with van der Waals surface area (Å²) in [4.78, 5) is 15.5. The van der Waals surface area contributed by atoms with Crippen LogP contribution in [-0.2, 0) is 28.7 Å². The average molecular weight is 624 g/mol. The molecule has 6 rings (SSSR count). The van der Waals surface area contributed by atoms with Crippen molar-refractivity contribution in [3.63, 3.8) is 0 Å². The molecule has 5 aromatic rings. The molecule has 1 N–H and O–H groups in total. The number of likely N-dealkylation sites (tertiary alicyclic amines) is 1. The molecular formula is C36H32Cl2N4O2. The number of ether oxygens (including phenoxy) is 1. The molecule has 1 aliphatic rings. The van der Waals surface area contributed by atoms with Crippen LogP contribution in [0, 0.1) is 11.3 Å². The maximum absolute atomic E-state index is 13.0. The first-order valence-electron chi connectivity index (χ1n) is 14.6. The summed E-state index contributed by atoms with van der Waals surface area (Å²) >= 11 is 12.2. The highest BCUT2D eigenvalue weighted by Crippen LogP contribution is 2.39. The lowest BCUT2D eigenvalue weighted by atomic mass is 9.83. The molecule has 4 aromatic carbocycles. The Labute approximate surface area is 267 Å². The van der Waals surface area contributed by atoms with E-state index in [-0.39, 0.29) is 12.5 Å². The highest BCUT2D eigenvalue weighted by molar-refractivity contribution is 6.35. The SMILES string of the molecule is Cn1cc(CN2CCC(OCC(=O)Nc3cc(Cl)cc(Cl)c3)(c3ccc(-c4cccc(C#N)c4)cc3)CC2)c2ccccc21. The minimum Gasteiger partial charge on any atom is -0.360 e. The fourth-order valence-electron chi connectivity index (χ4n) is 6.14. The van der Waals surface area contributed by atoms with E-state index in [1.807, 2.05) is 18.2 Å². The van der Waals surface area contributed by atoms with Gasteiger partial charge in [0.25, 0.3) is 0 Å². The molecule has 0 bridgehead atoms. The predicted octanol–water partition coefficient (Wildman–Crippen LogP) is 8.17. The van der Waals surface area contributed by atoms with Crippen LogP contribution in [0.3, 0.4) is 0 Å². The number of piperidine rings is 1. The molecule has 0 saturated carbocycles. The topological polar surface area (TPSA) is 70.3 Å². The van der Waals surface area contributed by atoms with Gasteiger partial charge in [0.2, 0.25) is 5.91 Å². The molecule has 0 aliphatic carbocycles. The van der Waals surface area contributed by atoms with Crippen molar-refractivity contribution in [3.05, 3.63) is 124 Å². The van der Waals surface area contributed by atoms with Gasteiger partial charge in [-0.3, -0.25) is 9.69 Å². The van der Waals surface area contributed by atoms with E-state index >= 15 is 0 Å². The zero-order valence-electron chi connectivity index (χ0n) is 24.4. The number of carbonyl (C=O) groups excluding carboxylic acids is 1. The van der Waals surface area contributed by atoms with E-state index in [1.165, 1.54) is 16.5 Å². The summed E-state index contributed by atoms with van der Waals surface area (Å²) in [6.45, 7) is 2.38. The number of hydrogen-bond acceptors (Lipinski definition) is 4. The number of aromatic nitrogens is 1. The molecule has 0 radical (unpaired) electrons. The number of carbonyl (C=O) groups is 1. The summed E-state index contributed by atoms with van der Waals surface area (Å²) in [5.41, 5.74) is 6.08. The van der Waals surface area contributed by atoms with E-state index in [1.54, 1.807) is 24.3 Å². The number of aryl methyl sites for hydroxylation is 1. The lowest BCUT2D eigenvalue weighted by Gasteiger charge is -2.42. The number of nitrogens with one attached hydrogen (secondary N) is 1. The quantitative estimate of drug-likeness (QED) is 0.189. The van der Waals surface area contributed by atoms with Gasteiger partial charge >= 0.3 is 0 Å². The molecule has 1 aliphatic heterocycles. The molecule has 0 unspecified atom stereocenters. The number of para-hydroxylation sites is 1. The van der Waals surface area contributed by atoms with Crippen LogP contribution in [0.1, 0.15) is 29.5 Å².